The molecule has 0 radical (unpaired) electrons. The van der Waals surface area contributed by atoms with Crippen molar-refractivity contribution in [3.63, 3.8) is 0 Å². The van der Waals surface area contributed by atoms with E-state index in [0.29, 0.717) is 5.92 Å². The molecule has 2 atom stereocenters. The smallest absolute Gasteiger partial charge is 0.124 e. The summed E-state index contributed by atoms with van der Waals surface area (Å²) in [6, 6.07) is 19.4. The number of hydrogen-bond donors (Lipinski definition) is 3. The van der Waals surface area contributed by atoms with E-state index in [2.05, 4.69) is 76.8 Å². The lowest BCUT2D eigenvalue weighted by atomic mass is 9.70. The summed E-state index contributed by atoms with van der Waals surface area (Å²) in [5, 5.41) is 5.43. The van der Waals surface area contributed by atoms with Crippen LogP contribution in [0.1, 0.15) is 62.2 Å². The molecule has 158 valence electrons. The van der Waals surface area contributed by atoms with E-state index < -0.39 is 0 Å². The van der Waals surface area contributed by atoms with Crippen molar-refractivity contribution in [2.24, 2.45) is 5.92 Å². The van der Waals surface area contributed by atoms with Gasteiger partial charge < -0.3 is 9.97 Å². The van der Waals surface area contributed by atoms with Gasteiger partial charge in [0, 0.05) is 16.6 Å². The molecule has 4 aromatic rings. The number of H-pyrrole nitrogens is 2. The topological polar surface area (TPSA) is 56.5 Å². The van der Waals surface area contributed by atoms with Crippen LogP contribution in [-0.4, -0.2) is 15.0 Å². The zero-order valence-electron chi connectivity index (χ0n) is 18.1. The maximum atomic E-state index is 4.84. The van der Waals surface area contributed by atoms with Gasteiger partial charge in [-0.15, -0.1) is 0 Å². The highest BCUT2D eigenvalue weighted by Crippen LogP contribution is 2.46. The van der Waals surface area contributed by atoms with Crippen molar-refractivity contribution >= 4 is 10.9 Å². The fraction of sp³-hybridized carbons (Fsp3) is 0.370. The van der Waals surface area contributed by atoms with E-state index >= 15 is 0 Å². The standard InChI is InChI=1S/C27H30N4/c1-27(19-12-6-3-7-13-19)25-21(20-14-8-9-15-22(20)29-25)16-23(31-27)26-28-17-24(30-26)18-10-4-2-5-11-18/h2,4-5,8-11,14-15,17,19,23,29,31H,3,6-7,12-13,16H2,1H3,(H,28,30)/t23-,27?/m0/s1. The first-order chi connectivity index (χ1) is 15.2. The van der Waals surface area contributed by atoms with Crippen LogP contribution in [0.4, 0.5) is 0 Å². The molecule has 2 aliphatic rings. The molecule has 1 aliphatic heterocycles. The van der Waals surface area contributed by atoms with Crippen LogP contribution in [0.25, 0.3) is 22.2 Å². The normalized spacial score (nSPS) is 24.4. The molecule has 1 unspecified atom stereocenters. The molecule has 3 N–H and O–H groups in total. The highest BCUT2D eigenvalue weighted by Gasteiger charge is 2.45. The van der Waals surface area contributed by atoms with E-state index in [-0.39, 0.29) is 11.6 Å². The summed E-state index contributed by atoms with van der Waals surface area (Å²) in [4.78, 5) is 12.3. The Morgan fingerprint density at radius 1 is 0.903 bits per heavy atom. The summed E-state index contributed by atoms with van der Waals surface area (Å²) in [7, 11) is 0. The quantitative estimate of drug-likeness (QED) is 0.374. The van der Waals surface area contributed by atoms with Gasteiger partial charge in [0.05, 0.1) is 23.5 Å². The molecule has 0 spiro atoms. The molecular formula is C27H30N4. The van der Waals surface area contributed by atoms with Crippen molar-refractivity contribution in [1.29, 1.82) is 0 Å². The Bertz CT molecular complexity index is 1200. The van der Waals surface area contributed by atoms with Crippen molar-refractivity contribution in [2.75, 3.05) is 0 Å². The third-order valence-corrected chi connectivity index (χ3v) is 7.65. The number of nitrogens with one attached hydrogen (secondary N) is 3. The molecule has 3 heterocycles. The van der Waals surface area contributed by atoms with E-state index in [1.165, 1.54) is 59.8 Å². The van der Waals surface area contributed by atoms with Crippen LogP contribution in [0.15, 0.2) is 60.8 Å². The van der Waals surface area contributed by atoms with E-state index in [1.54, 1.807) is 0 Å². The lowest BCUT2D eigenvalue weighted by Gasteiger charge is -2.46. The second-order valence-electron chi connectivity index (χ2n) is 9.51. The summed E-state index contributed by atoms with van der Waals surface area (Å²) in [5.74, 6) is 1.68. The highest BCUT2D eigenvalue weighted by molar-refractivity contribution is 5.85. The number of rotatable bonds is 3. The van der Waals surface area contributed by atoms with E-state index in [9.17, 15) is 0 Å². The van der Waals surface area contributed by atoms with Gasteiger partial charge >= 0.3 is 0 Å². The SMILES string of the molecule is CC1(C2CCCCC2)N[C@H](c2ncc(-c3ccccc3)[nH]2)Cc2c1[nH]c1ccccc21. The summed E-state index contributed by atoms with van der Waals surface area (Å²) < 4.78 is 0. The third-order valence-electron chi connectivity index (χ3n) is 7.65. The zero-order valence-corrected chi connectivity index (χ0v) is 18.1. The summed E-state index contributed by atoms with van der Waals surface area (Å²) in [5.41, 5.74) is 6.30. The predicted molar refractivity (Wildman–Crippen MR) is 126 cm³/mol. The maximum absolute atomic E-state index is 4.84. The molecule has 4 heteroatoms. The van der Waals surface area contributed by atoms with E-state index in [0.717, 1.165) is 17.9 Å². The van der Waals surface area contributed by atoms with Crippen LogP contribution in [-0.2, 0) is 12.0 Å². The fourth-order valence-electron chi connectivity index (χ4n) is 5.99. The van der Waals surface area contributed by atoms with Crippen LogP contribution in [0.5, 0.6) is 0 Å². The van der Waals surface area contributed by atoms with Crippen molar-refractivity contribution in [2.45, 2.75) is 57.0 Å². The second-order valence-corrected chi connectivity index (χ2v) is 9.51. The van der Waals surface area contributed by atoms with Crippen molar-refractivity contribution in [3.8, 4) is 11.3 Å². The second kappa shape index (κ2) is 7.38. The molecule has 4 nitrogen and oxygen atoms in total. The lowest BCUT2D eigenvalue weighted by molar-refractivity contribution is 0.142. The van der Waals surface area contributed by atoms with Crippen LogP contribution in [0.3, 0.4) is 0 Å². The Morgan fingerprint density at radius 3 is 2.52 bits per heavy atom. The minimum absolute atomic E-state index is 0.0720. The van der Waals surface area contributed by atoms with Crippen LogP contribution < -0.4 is 5.32 Å². The molecule has 1 aliphatic carbocycles. The largest absolute Gasteiger partial charge is 0.357 e. The number of aromatic amines is 2. The molecular weight excluding hydrogens is 380 g/mol. The van der Waals surface area contributed by atoms with Gasteiger partial charge in [0.1, 0.15) is 5.82 Å². The first-order valence-electron chi connectivity index (χ1n) is 11.7. The number of nitrogens with zero attached hydrogens (tertiary/aromatic N) is 1. The van der Waals surface area contributed by atoms with Crippen molar-refractivity contribution in [3.05, 3.63) is 77.9 Å². The first-order valence-corrected chi connectivity index (χ1v) is 11.7. The molecule has 0 saturated heterocycles. The summed E-state index contributed by atoms with van der Waals surface area (Å²) in [6.07, 6.45) is 9.55. The average molecular weight is 411 g/mol. The molecule has 6 rings (SSSR count). The minimum Gasteiger partial charge on any atom is -0.357 e. The molecule has 1 saturated carbocycles. The third kappa shape index (κ3) is 3.12. The van der Waals surface area contributed by atoms with Gasteiger partial charge in [-0.25, -0.2) is 4.98 Å². The predicted octanol–water partition coefficient (Wildman–Crippen LogP) is 6.24. The van der Waals surface area contributed by atoms with Gasteiger partial charge in [-0.3, -0.25) is 5.32 Å². The van der Waals surface area contributed by atoms with Crippen LogP contribution in [0, 0.1) is 5.92 Å². The number of benzene rings is 2. The van der Waals surface area contributed by atoms with Gasteiger partial charge in [0.15, 0.2) is 0 Å². The Morgan fingerprint density at radius 2 is 1.68 bits per heavy atom. The highest BCUT2D eigenvalue weighted by atomic mass is 15.1. The van der Waals surface area contributed by atoms with E-state index in [4.69, 9.17) is 4.98 Å². The lowest BCUT2D eigenvalue weighted by Crippen LogP contribution is -2.52. The Kier molecular flexibility index (Phi) is 4.50. The van der Waals surface area contributed by atoms with Gasteiger partial charge in [-0.1, -0.05) is 67.8 Å². The molecule has 2 aromatic carbocycles. The number of hydrogen-bond acceptors (Lipinski definition) is 2. The first kappa shape index (κ1) is 18.9. The van der Waals surface area contributed by atoms with Gasteiger partial charge in [0.25, 0.3) is 0 Å². The molecule has 0 amide bonds. The molecule has 1 fully saturated rings. The van der Waals surface area contributed by atoms with Gasteiger partial charge in [0.2, 0.25) is 0 Å². The number of fused-ring (bicyclic) bond motifs is 3. The van der Waals surface area contributed by atoms with Gasteiger partial charge in [-0.2, -0.15) is 0 Å². The zero-order chi connectivity index (χ0) is 20.8. The summed E-state index contributed by atoms with van der Waals surface area (Å²) in [6.45, 7) is 2.42. The number of para-hydroxylation sites is 1. The van der Waals surface area contributed by atoms with Crippen LogP contribution >= 0.6 is 0 Å². The number of aromatic nitrogens is 3. The average Bonchev–Trinajstić information content (AvgIpc) is 3.46. The monoisotopic (exact) mass is 410 g/mol. The summed E-state index contributed by atoms with van der Waals surface area (Å²) >= 11 is 0. The Labute approximate surface area is 183 Å². The van der Waals surface area contributed by atoms with Crippen molar-refractivity contribution < 1.29 is 0 Å². The van der Waals surface area contributed by atoms with Crippen LogP contribution in [0.2, 0.25) is 0 Å². The van der Waals surface area contributed by atoms with Gasteiger partial charge in [-0.05, 0) is 49.3 Å². The molecule has 0 bridgehead atoms. The van der Waals surface area contributed by atoms with Crippen molar-refractivity contribution in [1.82, 2.24) is 20.3 Å². The Hall–Kier alpha value is -2.85. The molecule has 31 heavy (non-hydrogen) atoms. The minimum atomic E-state index is -0.0720. The fourth-order valence-corrected chi connectivity index (χ4v) is 5.99. The number of imidazole rings is 1. The van der Waals surface area contributed by atoms with E-state index in [1.807, 2.05) is 6.20 Å². The molecule has 2 aromatic heterocycles. The maximum Gasteiger partial charge on any atom is 0.124 e. The Balaban J connectivity index is 1.43.